The lowest BCUT2D eigenvalue weighted by atomic mass is 9.84. The van der Waals surface area contributed by atoms with E-state index in [9.17, 15) is 9.18 Å². The number of hydrogen-bond donors (Lipinski definition) is 1. The first-order valence-corrected chi connectivity index (χ1v) is 4.62. The van der Waals surface area contributed by atoms with Crippen molar-refractivity contribution in [3.05, 3.63) is 0 Å². The second kappa shape index (κ2) is 4.56. The quantitative estimate of drug-likeness (QED) is 0.720. The number of aliphatic carboxylic acids is 1. The Labute approximate surface area is 77.5 Å². The molecule has 1 saturated heterocycles. The lowest BCUT2D eigenvalue weighted by Gasteiger charge is -2.33. The summed E-state index contributed by atoms with van der Waals surface area (Å²) in [4.78, 5) is 12.8. The number of likely N-dealkylation sites (tertiary alicyclic amines) is 1. The van der Waals surface area contributed by atoms with Crippen molar-refractivity contribution < 1.29 is 14.3 Å². The van der Waals surface area contributed by atoms with Crippen molar-refractivity contribution in [3.8, 4) is 0 Å². The van der Waals surface area contributed by atoms with Crippen LogP contribution >= 0.6 is 0 Å². The smallest absolute Gasteiger partial charge is 0.308 e. The molecule has 76 valence electrons. The van der Waals surface area contributed by atoms with Gasteiger partial charge < -0.3 is 10.0 Å². The summed E-state index contributed by atoms with van der Waals surface area (Å²) < 4.78 is 12.1. The van der Waals surface area contributed by atoms with Crippen molar-refractivity contribution >= 4 is 5.97 Å². The fourth-order valence-electron chi connectivity index (χ4n) is 1.93. The van der Waals surface area contributed by atoms with Crippen LogP contribution in [0.25, 0.3) is 0 Å². The fourth-order valence-corrected chi connectivity index (χ4v) is 1.93. The van der Waals surface area contributed by atoms with Gasteiger partial charge in [-0.2, -0.15) is 0 Å². The molecule has 1 rings (SSSR count). The van der Waals surface area contributed by atoms with Crippen molar-refractivity contribution in [1.29, 1.82) is 0 Å². The average Bonchev–Trinajstić information content (AvgIpc) is 2.08. The first-order chi connectivity index (χ1) is 6.15. The molecule has 0 spiro atoms. The van der Waals surface area contributed by atoms with Crippen molar-refractivity contribution in [2.75, 3.05) is 26.8 Å². The molecule has 13 heavy (non-hydrogen) atoms. The van der Waals surface area contributed by atoms with Gasteiger partial charge in [0, 0.05) is 6.54 Å². The lowest BCUT2D eigenvalue weighted by molar-refractivity contribution is -0.146. The van der Waals surface area contributed by atoms with E-state index in [0.717, 1.165) is 13.0 Å². The summed E-state index contributed by atoms with van der Waals surface area (Å²) >= 11 is 0. The summed E-state index contributed by atoms with van der Waals surface area (Å²) in [7, 11) is 1.90. The number of carboxylic acid groups (broad SMARTS) is 1. The third-order valence-electron chi connectivity index (χ3n) is 2.76. The molecular weight excluding hydrogens is 173 g/mol. The van der Waals surface area contributed by atoms with Gasteiger partial charge in [-0.25, -0.2) is 0 Å². The molecule has 0 aliphatic carbocycles. The molecule has 0 bridgehead atoms. The zero-order chi connectivity index (χ0) is 9.84. The predicted octanol–water partition coefficient (Wildman–Crippen LogP) is 0.999. The number of rotatable bonds is 3. The van der Waals surface area contributed by atoms with E-state index in [1.807, 2.05) is 11.9 Å². The molecule has 0 radical (unpaired) electrons. The van der Waals surface area contributed by atoms with E-state index in [1.54, 1.807) is 0 Å². The minimum atomic E-state index is -0.787. The van der Waals surface area contributed by atoms with Gasteiger partial charge in [0.25, 0.3) is 0 Å². The van der Waals surface area contributed by atoms with E-state index in [4.69, 9.17) is 5.11 Å². The Balaban J connectivity index is 2.55. The van der Waals surface area contributed by atoms with E-state index >= 15 is 0 Å². The van der Waals surface area contributed by atoms with Gasteiger partial charge in [-0.3, -0.25) is 9.18 Å². The van der Waals surface area contributed by atoms with Crippen molar-refractivity contribution in [2.24, 2.45) is 11.8 Å². The Kier molecular flexibility index (Phi) is 3.66. The van der Waals surface area contributed by atoms with E-state index in [-0.39, 0.29) is 11.8 Å². The van der Waals surface area contributed by atoms with E-state index in [2.05, 4.69) is 0 Å². The molecule has 0 aromatic carbocycles. The highest BCUT2D eigenvalue weighted by atomic mass is 19.1. The Bertz CT molecular complexity index is 186. The largest absolute Gasteiger partial charge is 0.481 e. The van der Waals surface area contributed by atoms with Gasteiger partial charge in [-0.1, -0.05) is 0 Å². The Hall–Kier alpha value is -0.640. The van der Waals surface area contributed by atoms with Crippen LogP contribution in [0.2, 0.25) is 0 Å². The van der Waals surface area contributed by atoms with Crippen LogP contribution in [0.4, 0.5) is 4.39 Å². The van der Waals surface area contributed by atoms with Crippen LogP contribution in [0, 0.1) is 11.8 Å². The molecule has 0 saturated carbocycles. The molecule has 1 fully saturated rings. The van der Waals surface area contributed by atoms with Gasteiger partial charge in [0.15, 0.2) is 0 Å². The summed E-state index contributed by atoms with van der Waals surface area (Å²) in [5, 5.41) is 8.90. The van der Waals surface area contributed by atoms with Gasteiger partial charge in [0.1, 0.15) is 0 Å². The molecule has 2 unspecified atom stereocenters. The molecule has 4 heteroatoms. The molecule has 0 aromatic rings. The highest BCUT2D eigenvalue weighted by molar-refractivity contribution is 5.70. The molecule has 3 nitrogen and oxygen atoms in total. The molecule has 1 aliphatic rings. The van der Waals surface area contributed by atoms with Gasteiger partial charge in [0.2, 0.25) is 0 Å². The zero-order valence-electron chi connectivity index (χ0n) is 7.87. The summed E-state index contributed by atoms with van der Waals surface area (Å²) in [6.07, 6.45) is 1.20. The Morgan fingerprint density at radius 1 is 1.69 bits per heavy atom. The van der Waals surface area contributed by atoms with Gasteiger partial charge in [-0.15, -0.1) is 0 Å². The minimum absolute atomic E-state index is 0.0266. The third kappa shape index (κ3) is 2.66. The molecular formula is C9H16FNO2. The topological polar surface area (TPSA) is 40.5 Å². The Morgan fingerprint density at radius 3 is 2.92 bits per heavy atom. The van der Waals surface area contributed by atoms with Gasteiger partial charge >= 0.3 is 5.97 Å². The molecule has 2 atom stereocenters. The van der Waals surface area contributed by atoms with Crippen LogP contribution in [-0.2, 0) is 4.79 Å². The highest BCUT2D eigenvalue weighted by Gasteiger charge is 2.32. The van der Waals surface area contributed by atoms with Crippen molar-refractivity contribution in [1.82, 2.24) is 4.90 Å². The third-order valence-corrected chi connectivity index (χ3v) is 2.76. The summed E-state index contributed by atoms with van der Waals surface area (Å²) in [5.74, 6) is -1.14. The maximum absolute atomic E-state index is 12.1. The summed E-state index contributed by atoms with van der Waals surface area (Å²) in [5.41, 5.74) is 0. The van der Waals surface area contributed by atoms with E-state index in [0.29, 0.717) is 13.0 Å². The highest BCUT2D eigenvalue weighted by Crippen LogP contribution is 2.26. The Morgan fingerprint density at radius 2 is 2.38 bits per heavy atom. The number of halogens is 1. The average molecular weight is 189 g/mol. The van der Waals surface area contributed by atoms with Crippen LogP contribution in [0.3, 0.4) is 0 Å². The number of piperidine rings is 1. The van der Waals surface area contributed by atoms with Gasteiger partial charge in [0.05, 0.1) is 12.6 Å². The number of hydrogen-bond acceptors (Lipinski definition) is 2. The molecule has 1 aliphatic heterocycles. The van der Waals surface area contributed by atoms with Crippen LogP contribution in [0.5, 0.6) is 0 Å². The standard InChI is InChI=1S/C9H16FNO2/c1-11-5-3-7(2-4-10)8(6-11)9(12)13/h7-8H,2-6H2,1H3,(H,12,13). The predicted molar refractivity (Wildman–Crippen MR) is 47.3 cm³/mol. The van der Waals surface area contributed by atoms with Crippen LogP contribution in [-0.4, -0.2) is 42.8 Å². The number of carbonyl (C=O) groups is 1. The number of alkyl halides is 1. The van der Waals surface area contributed by atoms with Crippen LogP contribution in [0.15, 0.2) is 0 Å². The number of carboxylic acids is 1. The number of nitrogens with zero attached hydrogens (tertiary/aromatic N) is 1. The zero-order valence-corrected chi connectivity index (χ0v) is 7.87. The molecule has 1 N–H and O–H groups in total. The summed E-state index contributed by atoms with van der Waals surface area (Å²) in [6.45, 7) is 1.03. The maximum Gasteiger partial charge on any atom is 0.308 e. The lowest BCUT2D eigenvalue weighted by Crippen LogP contribution is -2.42. The fraction of sp³-hybridized carbons (Fsp3) is 0.889. The van der Waals surface area contributed by atoms with E-state index in [1.165, 1.54) is 0 Å². The van der Waals surface area contributed by atoms with E-state index < -0.39 is 12.6 Å². The van der Waals surface area contributed by atoms with Crippen LogP contribution < -0.4 is 0 Å². The molecule has 0 amide bonds. The van der Waals surface area contributed by atoms with Crippen LogP contribution in [0.1, 0.15) is 12.8 Å². The summed E-state index contributed by atoms with van der Waals surface area (Å²) in [6, 6.07) is 0. The van der Waals surface area contributed by atoms with Gasteiger partial charge in [-0.05, 0) is 32.4 Å². The normalized spacial score (nSPS) is 30.3. The molecule has 1 heterocycles. The monoisotopic (exact) mass is 189 g/mol. The second-order valence-corrected chi connectivity index (χ2v) is 3.73. The van der Waals surface area contributed by atoms with Crippen molar-refractivity contribution in [2.45, 2.75) is 12.8 Å². The maximum atomic E-state index is 12.1. The molecule has 0 aromatic heterocycles. The second-order valence-electron chi connectivity index (χ2n) is 3.73. The first-order valence-electron chi connectivity index (χ1n) is 4.62. The minimum Gasteiger partial charge on any atom is -0.481 e. The SMILES string of the molecule is CN1CCC(CCF)C(C(=O)O)C1. The van der Waals surface area contributed by atoms with Crippen molar-refractivity contribution in [3.63, 3.8) is 0 Å². The first kappa shape index (κ1) is 10.4.